The van der Waals surface area contributed by atoms with E-state index in [1.165, 1.54) is 12.1 Å². The molecule has 0 fully saturated rings. The van der Waals surface area contributed by atoms with Gasteiger partial charge in [0.15, 0.2) is 6.61 Å². The van der Waals surface area contributed by atoms with Crippen molar-refractivity contribution in [2.75, 3.05) is 26.2 Å². The molecule has 0 atom stereocenters. The molecule has 0 heterocycles. The van der Waals surface area contributed by atoms with Crippen molar-refractivity contribution in [1.82, 2.24) is 10.6 Å². The lowest BCUT2D eigenvalue weighted by molar-refractivity contribution is -0.123. The zero-order valence-electron chi connectivity index (χ0n) is 11.0. The molecular formula is C13H21ClN2O3. The second-order valence-electron chi connectivity index (χ2n) is 3.88. The van der Waals surface area contributed by atoms with Crippen LogP contribution >= 0.6 is 12.4 Å². The van der Waals surface area contributed by atoms with E-state index in [1.54, 1.807) is 12.1 Å². The van der Waals surface area contributed by atoms with Gasteiger partial charge in [-0.3, -0.25) is 4.79 Å². The lowest BCUT2D eigenvalue weighted by Gasteiger charge is -2.08. The molecule has 0 aliphatic carbocycles. The molecule has 1 amide bonds. The summed E-state index contributed by atoms with van der Waals surface area (Å²) in [6, 6.07) is 6.26. The highest BCUT2D eigenvalue weighted by atomic mass is 35.5. The number of phenols is 1. The Morgan fingerprint density at radius 2 is 1.89 bits per heavy atom. The van der Waals surface area contributed by atoms with E-state index < -0.39 is 0 Å². The molecule has 1 aromatic carbocycles. The third kappa shape index (κ3) is 8.29. The van der Waals surface area contributed by atoms with Crippen LogP contribution in [0.4, 0.5) is 0 Å². The molecule has 0 saturated carbocycles. The van der Waals surface area contributed by atoms with Crippen LogP contribution in [-0.2, 0) is 4.79 Å². The highest BCUT2D eigenvalue weighted by molar-refractivity contribution is 5.85. The van der Waals surface area contributed by atoms with Gasteiger partial charge in [0.25, 0.3) is 5.91 Å². The van der Waals surface area contributed by atoms with Gasteiger partial charge in [0.05, 0.1) is 0 Å². The number of phenolic OH excluding ortho intramolecular Hbond substituents is 1. The van der Waals surface area contributed by atoms with Crippen molar-refractivity contribution in [3.63, 3.8) is 0 Å². The first-order valence-electron chi connectivity index (χ1n) is 6.11. The maximum atomic E-state index is 11.4. The number of rotatable bonds is 8. The quantitative estimate of drug-likeness (QED) is 0.631. The van der Waals surface area contributed by atoms with Crippen molar-refractivity contribution in [1.29, 1.82) is 0 Å². The van der Waals surface area contributed by atoms with Gasteiger partial charge in [-0.15, -0.1) is 12.4 Å². The molecule has 108 valence electrons. The van der Waals surface area contributed by atoms with E-state index >= 15 is 0 Å². The Labute approximate surface area is 119 Å². The number of ether oxygens (including phenoxy) is 1. The summed E-state index contributed by atoms with van der Waals surface area (Å²) < 4.78 is 5.26. The van der Waals surface area contributed by atoms with Crippen LogP contribution in [0.3, 0.4) is 0 Å². The molecule has 1 aromatic rings. The zero-order chi connectivity index (χ0) is 13.2. The van der Waals surface area contributed by atoms with Gasteiger partial charge in [0.1, 0.15) is 11.5 Å². The Hall–Kier alpha value is -1.46. The predicted molar refractivity (Wildman–Crippen MR) is 77.0 cm³/mol. The molecule has 0 aliphatic rings. The molecule has 1 rings (SSSR count). The monoisotopic (exact) mass is 288 g/mol. The third-order valence-electron chi connectivity index (χ3n) is 2.26. The number of halogens is 1. The minimum Gasteiger partial charge on any atom is -0.508 e. The summed E-state index contributed by atoms with van der Waals surface area (Å²) in [6.45, 7) is 4.39. The topological polar surface area (TPSA) is 70.6 Å². The van der Waals surface area contributed by atoms with Crippen molar-refractivity contribution in [2.24, 2.45) is 0 Å². The molecule has 0 unspecified atom stereocenters. The molecule has 0 radical (unpaired) electrons. The van der Waals surface area contributed by atoms with Gasteiger partial charge in [0, 0.05) is 13.1 Å². The van der Waals surface area contributed by atoms with Crippen molar-refractivity contribution >= 4 is 18.3 Å². The van der Waals surface area contributed by atoms with Crippen LogP contribution in [0, 0.1) is 0 Å². The van der Waals surface area contributed by atoms with Crippen molar-refractivity contribution in [2.45, 2.75) is 13.3 Å². The maximum Gasteiger partial charge on any atom is 0.257 e. The van der Waals surface area contributed by atoms with Crippen LogP contribution < -0.4 is 15.4 Å². The fourth-order valence-electron chi connectivity index (χ4n) is 1.33. The Bertz CT molecular complexity index is 357. The molecule has 0 saturated heterocycles. The first-order valence-corrected chi connectivity index (χ1v) is 6.11. The average Bonchev–Trinajstić information content (AvgIpc) is 2.38. The summed E-state index contributed by atoms with van der Waals surface area (Å²) in [4.78, 5) is 11.4. The van der Waals surface area contributed by atoms with Gasteiger partial charge in [0.2, 0.25) is 0 Å². The molecule has 6 heteroatoms. The molecule has 5 nitrogen and oxygen atoms in total. The van der Waals surface area contributed by atoms with Gasteiger partial charge in [-0.2, -0.15) is 0 Å². The van der Waals surface area contributed by atoms with Crippen LogP contribution in [0.15, 0.2) is 24.3 Å². The molecule has 3 N–H and O–H groups in total. The Morgan fingerprint density at radius 3 is 2.53 bits per heavy atom. The van der Waals surface area contributed by atoms with Gasteiger partial charge >= 0.3 is 0 Å². The van der Waals surface area contributed by atoms with Gasteiger partial charge < -0.3 is 20.5 Å². The average molecular weight is 289 g/mol. The third-order valence-corrected chi connectivity index (χ3v) is 2.26. The first kappa shape index (κ1) is 17.5. The number of nitrogens with one attached hydrogen (secondary N) is 2. The summed E-state index contributed by atoms with van der Waals surface area (Å²) in [5, 5.41) is 15.0. The van der Waals surface area contributed by atoms with E-state index in [2.05, 4.69) is 17.6 Å². The van der Waals surface area contributed by atoms with Gasteiger partial charge in [-0.1, -0.05) is 6.92 Å². The normalized spacial score (nSPS) is 9.53. The summed E-state index contributed by atoms with van der Waals surface area (Å²) in [7, 11) is 0. The second-order valence-corrected chi connectivity index (χ2v) is 3.88. The van der Waals surface area contributed by atoms with Crippen LogP contribution in [-0.4, -0.2) is 37.3 Å². The van der Waals surface area contributed by atoms with E-state index in [1.807, 2.05) is 0 Å². The Morgan fingerprint density at radius 1 is 1.21 bits per heavy atom. The number of carbonyl (C=O) groups excluding carboxylic acids is 1. The highest BCUT2D eigenvalue weighted by Crippen LogP contribution is 2.15. The van der Waals surface area contributed by atoms with Crippen molar-refractivity contribution in [3.8, 4) is 11.5 Å². The maximum absolute atomic E-state index is 11.4. The smallest absolute Gasteiger partial charge is 0.257 e. The fourth-order valence-corrected chi connectivity index (χ4v) is 1.33. The Balaban J connectivity index is 0.00000324. The SMILES string of the molecule is CCCNCCNC(=O)COc1ccc(O)cc1.Cl. The number of amides is 1. The summed E-state index contributed by atoms with van der Waals surface area (Å²) in [5.41, 5.74) is 0. The van der Waals surface area contributed by atoms with E-state index in [0.717, 1.165) is 19.5 Å². The van der Waals surface area contributed by atoms with E-state index in [4.69, 9.17) is 9.84 Å². The molecule has 0 aliphatic heterocycles. The lowest BCUT2D eigenvalue weighted by atomic mass is 10.3. The zero-order valence-corrected chi connectivity index (χ0v) is 11.8. The second kappa shape index (κ2) is 10.5. The summed E-state index contributed by atoms with van der Waals surface area (Å²) in [6.07, 6.45) is 1.08. The lowest BCUT2D eigenvalue weighted by Crippen LogP contribution is -2.34. The predicted octanol–water partition coefficient (Wildman–Crippen LogP) is 1.31. The molecular weight excluding hydrogens is 268 g/mol. The van der Waals surface area contributed by atoms with Crippen molar-refractivity contribution in [3.05, 3.63) is 24.3 Å². The molecule has 0 aromatic heterocycles. The first-order chi connectivity index (χ1) is 8.72. The molecule has 19 heavy (non-hydrogen) atoms. The number of aromatic hydroxyl groups is 1. The number of carbonyl (C=O) groups is 1. The minimum atomic E-state index is -0.152. The minimum absolute atomic E-state index is 0. The van der Waals surface area contributed by atoms with Gasteiger partial charge in [-0.05, 0) is 37.2 Å². The van der Waals surface area contributed by atoms with E-state index in [-0.39, 0.29) is 30.7 Å². The van der Waals surface area contributed by atoms with E-state index in [9.17, 15) is 4.79 Å². The number of benzene rings is 1. The van der Waals surface area contributed by atoms with Crippen LogP contribution in [0.25, 0.3) is 0 Å². The molecule has 0 bridgehead atoms. The molecule has 0 spiro atoms. The van der Waals surface area contributed by atoms with Crippen molar-refractivity contribution < 1.29 is 14.6 Å². The Kier molecular flexibility index (Phi) is 9.66. The van der Waals surface area contributed by atoms with Crippen LogP contribution in [0.2, 0.25) is 0 Å². The number of hydrogen-bond acceptors (Lipinski definition) is 4. The van der Waals surface area contributed by atoms with Crippen LogP contribution in [0.5, 0.6) is 11.5 Å². The fraction of sp³-hybridized carbons (Fsp3) is 0.462. The largest absolute Gasteiger partial charge is 0.508 e. The standard InChI is InChI=1S/C13H20N2O3.ClH/c1-2-7-14-8-9-15-13(17)10-18-12-5-3-11(16)4-6-12;/h3-6,14,16H,2,7-10H2,1H3,(H,15,17);1H. The van der Waals surface area contributed by atoms with Gasteiger partial charge in [-0.25, -0.2) is 0 Å². The number of hydrogen-bond donors (Lipinski definition) is 3. The van der Waals surface area contributed by atoms with E-state index in [0.29, 0.717) is 12.3 Å². The summed E-state index contributed by atoms with van der Waals surface area (Å²) >= 11 is 0. The summed E-state index contributed by atoms with van der Waals surface area (Å²) in [5.74, 6) is 0.585. The highest BCUT2D eigenvalue weighted by Gasteiger charge is 2.01. The van der Waals surface area contributed by atoms with Crippen LogP contribution in [0.1, 0.15) is 13.3 Å².